The summed E-state index contributed by atoms with van der Waals surface area (Å²) in [6.07, 6.45) is 0. The molecule has 1 heterocycles. The van der Waals surface area contributed by atoms with Crippen molar-refractivity contribution in [2.24, 2.45) is 0 Å². The van der Waals surface area contributed by atoms with Crippen molar-refractivity contribution in [1.82, 2.24) is 4.98 Å². The Morgan fingerprint density at radius 1 is 1.00 bits per heavy atom. The number of aryl methyl sites for hydroxylation is 2. The fraction of sp³-hybridized carbons (Fsp3) is 0.133. The van der Waals surface area contributed by atoms with Crippen LogP contribution in [0.2, 0.25) is 5.02 Å². The Bertz CT molecular complexity index is 1520. The zero-order valence-corrected chi connectivity index (χ0v) is 22.4. The van der Waals surface area contributed by atoms with E-state index in [2.05, 4.69) is 16.4 Å². The summed E-state index contributed by atoms with van der Waals surface area (Å²) < 4.78 is 5.37. The van der Waals surface area contributed by atoms with Crippen molar-refractivity contribution in [2.45, 2.75) is 25.5 Å². The van der Waals surface area contributed by atoms with Crippen molar-refractivity contribution in [2.75, 3.05) is 11.1 Å². The molecule has 0 unspecified atom stereocenters. The fourth-order valence-electron chi connectivity index (χ4n) is 3.87. The number of hydrogen-bond acceptors (Lipinski definition) is 6. The quantitative estimate of drug-likeness (QED) is 0.191. The van der Waals surface area contributed by atoms with Gasteiger partial charge in [-0.25, -0.2) is 4.98 Å². The van der Waals surface area contributed by atoms with Crippen LogP contribution in [0.15, 0.2) is 83.9 Å². The summed E-state index contributed by atoms with van der Waals surface area (Å²) in [4.78, 5) is 30.6. The van der Waals surface area contributed by atoms with Crippen molar-refractivity contribution >= 4 is 40.9 Å². The van der Waals surface area contributed by atoms with Gasteiger partial charge in [-0.2, -0.15) is 5.26 Å². The van der Waals surface area contributed by atoms with Crippen molar-refractivity contribution in [3.8, 4) is 17.2 Å². The first-order valence-corrected chi connectivity index (χ1v) is 13.1. The van der Waals surface area contributed by atoms with E-state index in [0.29, 0.717) is 32.6 Å². The summed E-state index contributed by atoms with van der Waals surface area (Å²) in [6, 6.07) is 25.9. The Morgan fingerprint density at radius 3 is 2.37 bits per heavy atom. The van der Waals surface area contributed by atoms with Gasteiger partial charge < -0.3 is 10.1 Å². The molecular weight excluding hydrogens is 518 g/mol. The van der Waals surface area contributed by atoms with E-state index in [9.17, 15) is 14.9 Å². The number of esters is 1. The van der Waals surface area contributed by atoms with Gasteiger partial charge in [-0.15, -0.1) is 0 Å². The summed E-state index contributed by atoms with van der Waals surface area (Å²) in [5, 5.41) is 14.0. The monoisotopic (exact) mass is 541 g/mol. The van der Waals surface area contributed by atoms with E-state index in [-0.39, 0.29) is 29.4 Å². The SMILES string of the molecule is Cc1ccccc1NC(=O)c1c(C)nc(SCC(=O)OCc2ccccc2)c(C#N)c1-c1ccc(Cl)cc1. The minimum atomic E-state index is -0.434. The normalized spacial score (nSPS) is 10.5. The van der Waals surface area contributed by atoms with Crippen LogP contribution in [-0.2, 0) is 16.1 Å². The lowest BCUT2D eigenvalue weighted by molar-refractivity contribution is -0.141. The summed E-state index contributed by atoms with van der Waals surface area (Å²) in [5.41, 5.74) is 4.43. The second-order valence-electron chi connectivity index (χ2n) is 8.45. The maximum atomic E-state index is 13.5. The number of hydrogen-bond donors (Lipinski definition) is 1. The first kappa shape index (κ1) is 26.9. The van der Waals surface area contributed by atoms with Gasteiger partial charge in [0.25, 0.3) is 5.91 Å². The van der Waals surface area contributed by atoms with Crippen LogP contribution in [0.3, 0.4) is 0 Å². The van der Waals surface area contributed by atoms with Gasteiger partial charge in [0.1, 0.15) is 17.7 Å². The van der Waals surface area contributed by atoms with Crippen LogP contribution in [-0.4, -0.2) is 22.6 Å². The molecule has 0 saturated heterocycles. The largest absolute Gasteiger partial charge is 0.460 e. The summed E-state index contributed by atoms with van der Waals surface area (Å²) in [7, 11) is 0. The molecule has 4 rings (SSSR count). The Balaban J connectivity index is 1.67. The molecule has 0 atom stereocenters. The van der Waals surface area contributed by atoms with Gasteiger partial charge >= 0.3 is 5.97 Å². The molecule has 8 heteroatoms. The number of carbonyl (C=O) groups excluding carboxylic acids is 2. The predicted molar refractivity (Wildman–Crippen MR) is 150 cm³/mol. The average Bonchev–Trinajstić information content (AvgIpc) is 2.92. The Labute approximate surface area is 230 Å². The van der Waals surface area contributed by atoms with E-state index in [0.717, 1.165) is 22.9 Å². The number of aromatic nitrogens is 1. The number of nitriles is 1. The van der Waals surface area contributed by atoms with E-state index in [1.54, 1.807) is 31.2 Å². The van der Waals surface area contributed by atoms with Crippen LogP contribution < -0.4 is 5.32 Å². The minimum absolute atomic E-state index is 0.0389. The van der Waals surface area contributed by atoms with Crippen molar-refractivity contribution in [3.05, 3.63) is 112 Å². The van der Waals surface area contributed by atoms with Crippen molar-refractivity contribution in [3.63, 3.8) is 0 Å². The van der Waals surface area contributed by atoms with E-state index in [1.807, 2.05) is 61.5 Å². The number of benzene rings is 3. The van der Waals surface area contributed by atoms with E-state index < -0.39 is 5.97 Å². The number of thioether (sulfide) groups is 1. The van der Waals surface area contributed by atoms with Crippen molar-refractivity contribution in [1.29, 1.82) is 5.26 Å². The molecule has 0 aliphatic carbocycles. The highest BCUT2D eigenvalue weighted by Crippen LogP contribution is 2.36. The fourth-order valence-corrected chi connectivity index (χ4v) is 4.83. The number of nitrogens with one attached hydrogen (secondary N) is 1. The van der Waals surface area contributed by atoms with Crippen LogP contribution in [0.5, 0.6) is 0 Å². The van der Waals surface area contributed by atoms with Crippen LogP contribution in [0.1, 0.15) is 32.7 Å². The second kappa shape index (κ2) is 12.4. The Hall–Kier alpha value is -4.12. The molecule has 0 saturated carbocycles. The molecule has 3 aromatic carbocycles. The number of nitrogens with zero attached hydrogens (tertiary/aromatic N) is 2. The highest BCUT2D eigenvalue weighted by atomic mass is 35.5. The van der Waals surface area contributed by atoms with E-state index in [1.165, 1.54) is 0 Å². The number of carbonyl (C=O) groups is 2. The minimum Gasteiger partial charge on any atom is -0.460 e. The van der Waals surface area contributed by atoms with Crippen LogP contribution >= 0.6 is 23.4 Å². The molecule has 0 spiro atoms. The zero-order chi connectivity index (χ0) is 27.1. The van der Waals surface area contributed by atoms with Gasteiger partial charge in [-0.05, 0) is 48.7 Å². The third kappa shape index (κ3) is 6.41. The van der Waals surface area contributed by atoms with Gasteiger partial charge in [0, 0.05) is 16.3 Å². The van der Waals surface area contributed by atoms with E-state index in [4.69, 9.17) is 16.3 Å². The highest BCUT2D eigenvalue weighted by molar-refractivity contribution is 7.99. The smallest absolute Gasteiger partial charge is 0.316 e. The number of para-hydroxylation sites is 1. The molecule has 1 N–H and O–H groups in total. The van der Waals surface area contributed by atoms with E-state index >= 15 is 0 Å². The molecule has 0 radical (unpaired) electrons. The molecule has 1 amide bonds. The topological polar surface area (TPSA) is 92.1 Å². The lowest BCUT2D eigenvalue weighted by Crippen LogP contribution is -2.18. The van der Waals surface area contributed by atoms with Gasteiger partial charge in [0.15, 0.2) is 0 Å². The molecule has 0 aliphatic rings. The first-order valence-electron chi connectivity index (χ1n) is 11.8. The first-order chi connectivity index (χ1) is 18.4. The van der Waals surface area contributed by atoms with Crippen LogP contribution in [0, 0.1) is 25.2 Å². The van der Waals surface area contributed by atoms with Crippen LogP contribution in [0.25, 0.3) is 11.1 Å². The van der Waals surface area contributed by atoms with Gasteiger partial charge in [0.05, 0.1) is 22.6 Å². The molecule has 0 fully saturated rings. The van der Waals surface area contributed by atoms with Gasteiger partial charge in [-0.3, -0.25) is 9.59 Å². The van der Waals surface area contributed by atoms with Crippen LogP contribution in [0.4, 0.5) is 5.69 Å². The number of anilines is 1. The highest BCUT2D eigenvalue weighted by Gasteiger charge is 2.25. The van der Waals surface area contributed by atoms with Crippen molar-refractivity contribution < 1.29 is 14.3 Å². The molecular formula is C30H24ClN3O3S. The number of halogens is 1. The zero-order valence-electron chi connectivity index (χ0n) is 20.8. The molecule has 4 aromatic rings. The molecule has 190 valence electrons. The number of pyridine rings is 1. The summed E-state index contributed by atoms with van der Waals surface area (Å²) >= 11 is 7.21. The molecule has 0 aliphatic heterocycles. The predicted octanol–water partition coefficient (Wildman–Crippen LogP) is 6.98. The number of amides is 1. The molecule has 1 aromatic heterocycles. The maximum absolute atomic E-state index is 13.5. The third-order valence-corrected chi connectivity index (χ3v) is 6.98. The standard InChI is InChI=1S/C30H24ClN3O3S/c1-19-8-6-7-11-25(19)34-29(36)27-20(2)33-30(24(16-32)28(27)22-12-14-23(31)15-13-22)38-18-26(35)37-17-21-9-4-3-5-10-21/h3-15H,17-18H2,1-2H3,(H,34,36). The lowest BCUT2D eigenvalue weighted by atomic mass is 9.94. The molecule has 0 bridgehead atoms. The average molecular weight is 542 g/mol. The van der Waals surface area contributed by atoms with Gasteiger partial charge in [0.2, 0.25) is 0 Å². The third-order valence-electron chi connectivity index (χ3n) is 5.78. The summed E-state index contributed by atoms with van der Waals surface area (Å²) in [6.45, 7) is 3.77. The van der Waals surface area contributed by atoms with Gasteiger partial charge in [-0.1, -0.05) is 84.0 Å². The molecule has 38 heavy (non-hydrogen) atoms. The lowest BCUT2D eigenvalue weighted by Gasteiger charge is -2.17. The Morgan fingerprint density at radius 2 is 1.68 bits per heavy atom. The molecule has 6 nitrogen and oxygen atoms in total. The second-order valence-corrected chi connectivity index (χ2v) is 9.85. The number of rotatable bonds is 8. The summed E-state index contributed by atoms with van der Waals surface area (Å²) in [5.74, 6) is -0.857. The Kier molecular flexibility index (Phi) is 8.80. The number of ether oxygens (including phenoxy) is 1. The maximum Gasteiger partial charge on any atom is 0.316 e.